The van der Waals surface area contributed by atoms with E-state index in [1.165, 1.54) is 24.3 Å². The fourth-order valence-corrected chi connectivity index (χ4v) is 1.50. The first-order chi connectivity index (χ1) is 9.93. The van der Waals surface area contributed by atoms with Crippen LogP contribution in [0, 0.1) is 0 Å². The minimum Gasteiger partial charge on any atom is -0.482 e. The van der Waals surface area contributed by atoms with Gasteiger partial charge < -0.3 is 15.2 Å². The van der Waals surface area contributed by atoms with Gasteiger partial charge in [0.05, 0.1) is 10.6 Å². The maximum Gasteiger partial charge on any atom is 0.335 e. The SMILES string of the molecule is C=CCNC(=O)NC(=O)COc1ccc(C(=O)O)cc1Cl. The molecule has 0 aliphatic rings. The molecule has 8 heteroatoms. The summed E-state index contributed by atoms with van der Waals surface area (Å²) < 4.78 is 5.10. The summed E-state index contributed by atoms with van der Waals surface area (Å²) in [5.41, 5.74) is 0.000560. The molecule has 0 atom stereocenters. The van der Waals surface area contributed by atoms with Crippen molar-refractivity contribution in [3.8, 4) is 5.75 Å². The fourth-order valence-electron chi connectivity index (χ4n) is 1.27. The Morgan fingerprint density at radius 3 is 2.67 bits per heavy atom. The first-order valence-electron chi connectivity index (χ1n) is 5.78. The first-order valence-corrected chi connectivity index (χ1v) is 6.16. The number of hydrogen-bond donors (Lipinski definition) is 3. The van der Waals surface area contributed by atoms with Crippen molar-refractivity contribution in [1.82, 2.24) is 10.6 Å². The summed E-state index contributed by atoms with van der Waals surface area (Å²) in [6, 6.07) is 3.15. The number of hydrogen-bond acceptors (Lipinski definition) is 4. The van der Waals surface area contributed by atoms with Crippen molar-refractivity contribution in [3.05, 3.63) is 41.4 Å². The Labute approximate surface area is 125 Å². The van der Waals surface area contributed by atoms with E-state index in [1.807, 2.05) is 5.32 Å². The Balaban J connectivity index is 2.51. The number of rotatable bonds is 6. The lowest BCUT2D eigenvalue weighted by Gasteiger charge is -2.09. The highest BCUT2D eigenvalue weighted by Gasteiger charge is 2.11. The first kappa shape index (κ1) is 16.5. The number of carboxylic acid groups (broad SMARTS) is 1. The summed E-state index contributed by atoms with van der Waals surface area (Å²) in [5, 5.41) is 13.2. The molecule has 0 aromatic heterocycles. The van der Waals surface area contributed by atoms with Crippen molar-refractivity contribution in [2.24, 2.45) is 0 Å². The van der Waals surface area contributed by atoms with Crippen molar-refractivity contribution in [3.63, 3.8) is 0 Å². The molecule has 1 aromatic carbocycles. The highest BCUT2D eigenvalue weighted by Crippen LogP contribution is 2.25. The standard InChI is InChI=1S/C13H13ClN2O5/c1-2-5-15-13(20)16-11(17)7-21-10-4-3-8(12(18)19)6-9(10)14/h2-4,6H,1,5,7H2,(H,18,19)(H2,15,16,17,20). The van der Waals surface area contributed by atoms with E-state index < -0.39 is 24.5 Å². The van der Waals surface area contributed by atoms with Gasteiger partial charge in [-0.3, -0.25) is 10.1 Å². The van der Waals surface area contributed by atoms with Crippen LogP contribution in [0.4, 0.5) is 4.79 Å². The van der Waals surface area contributed by atoms with Gasteiger partial charge in [0, 0.05) is 6.54 Å². The number of carbonyl (C=O) groups excluding carboxylic acids is 2. The molecule has 7 nitrogen and oxygen atoms in total. The Hall–Kier alpha value is -2.54. The molecule has 0 saturated carbocycles. The monoisotopic (exact) mass is 312 g/mol. The third-order valence-corrected chi connectivity index (χ3v) is 2.49. The molecular formula is C13H13ClN2O5. The van der Waals surface area contributed by atoms with Gasteiger partial charge in [0.1, 0.15) is 5.75 Å². The summed E-state index contributed by atoms with van der Waals surface area (Å²) >= 11 is 5.82. The van der Waals surface area contributed by atoms with Gasteiger partial charge in [0.15, 0.2) is 6.61 Å². The van der Waals surface area contributed by atoms with Crippen LogP contribution in [0.3, 0.4) is 0 Å². The van der Waals surface area contributed by atoms with Crippen LogP contribution in [0.25, 0.3) is 0 Å². The molecule has 0 spiro atoms. The quantitative estimate of drug-likeness (QED) is 0.689. The summed E-state index contributed by atoms with van der Waals surface area (Å²) in [6.45, 7) is 3.20. The highest BCUT2D eigenvalue weighted by molar-refractivity contribution is 6.32. The number of benzene rings is 1. The molecule has 21 heavy (non-hydrogen) atoms. The molecule has 0 saturated heterocycles. The van der Waals surface area contributed by atoms with Crippen molar-refractivity contribution >= 4 is 29.5 Å². The Bertz CT molecular complexity index is 574. The zero-order valence-corrected chi connectivity index (χ0v) is 11.6. The molecule has 0 unspecified atom stereocenters. The van der Waals surface area contributed by atoms with Gasteiger partial charge in [-0.15, -0.1) is 6.58 Å². The normalized spacial score (nSPS) is 9.57. The summed E-state index contributed by atoms with van der Waals surface area (Å²) in [6.07, 6.45) is 1.46. The summed E-state index contributed by atoms with van der Waals surface area (Å²) in [5.74, 6) is -1.65. The summed E-state index contributed by atoms with van der Waals surface area (Å²) in [4.78, 5) is 33.3. The number of nitrogens with one attached hydrogen (secondary N) is 2. The second kappa shape index (κ2) is 7.91. The number of amides is 3. The second-order valence-corrected chi connectivity index (χ2v) is 4.19. The Morgan fingerprint density at radius 1 is 1.38 bits per heavy atom. The third-order valence-electron chi connectivity index (χ3n) is 2.20. The molecule has 1 aromatic rings. The molecule has 1 rings (SSSR count). The van der Waals surface area contributed by atoms with Crippen LogP contribution in [0.15, 0.2) is 30.9 Å². The number of aromatic carboxylic acids is 1. The number of carboxylic acids is 1. The molecule has 0 fully saturated rings. The smallest absolute Gasteiger partial charge is 0.335 e. The average Bonchev–Trinajstić information content (AvgIpc) is 2.43. The maximum atomic E-state index is 11.4. The third kappa shape index (κ3) is 5.53. The molecule has 3 amide bonds. The molecule has 0 radical (unpaired) electrons. The number of urea groups is 1. The molecule has 0 heterocycles. The lowest BCUT2D eigenvalue weighted by Crippen LogP contribution is -2.41. The molecule has 0 aliphatic heterocycles. The minimum atomic E-state index is -1.12. The predicted octanol–water partition coefficient (Wildman–Crippen LogP) is 1.43. The van der Waals surface area contributed by atoms with Crippen LogP contribution < -0.4 is 15.4 Å². The van der Waals surface area contributed by atoms with Crippen molar-refractivity contribution < 1.29 is 24.2 Å². The largest absolute Gasteiger partial charge is 0.482 e. The van der Waals surface area contributed by atoms with Crippen LogP contribution in [0.2, 0.25) is 5.02 Å². The van der Waals surface area contributed by atoms with E-state index in [4.69, 9.17) is 21.4 Å². The van der Waals surface area contributed by atoms with Crippen LogP contribution >= 0.6 is 11.6 Å². The van der Waals surface area contributed by atoms with Crippen molar-refractivity contribution in [1.29, 1.82) is 0 Å². The van der Waals surface area contributed by atoms with E-state index in [9.17, 15) is 14.4 Å². The van der Waals surface area contributed by atoms with E-state index in [0.717, 1.165) is 0 Å². The number of ether oxygens (including phenoxy) is 1. The number of imide groups is 1. The van der Waals surface area contributed by atoms with Crippen LogP contribution in [-0.2, 0) is 4.79 Å². The zero-order chi connectivity index (χ0) is 15.8. The molecular weight excluding hydrogens is 300 g/mol. The zero-order valence-electron chi connectivity index (χ0n) is 10.9. The maximum absolute atomic E-state index is 11.4. The Kier molecular flexibility index (Phi) is 6.22. The van der Waals surface area contributed by atoms with E-state index in [1.54, 1.807) is 0 Å². The van der Waals surface area contributed by atoms with E-state index >= 15 is 0 Å². The van der Waals surface area contributed by atoms with Gasteiger partial charge in [-0.05, 0) is 18.2 Å². The van der Waals surface area contributed by atoms with Gasteiger partial charge in [-0.25, -0.2) is 9.59 Å². The van der Waals surface area contributed by atoms with Crippen LogP contribution in [0.1, 0.15) is 10.4 Å². The summed E-state index contributed by atoms with van der Waals surface area (Å²) in [7, 11) is 0. The highest BCUT2D eigenvalue weighted by atomic mass is 35.5. The van der Waals surface area contributed by atoms with E-state index in [0.29, 0.717) is 0 Å². The predicted molar refractivity (Wildman–Crippen MR) is 75.6 cm³/mol. The van der Waals surface area contributed by atoms with Gasteiger partial charge in [0.25, 0.3) is 5.91 Å². The van der Waals surface area contributed by atoms with E-state index in [2.05, 4.69) is 11.9 Å². The fraction of sp³-hybridized carbons (Fsp3) is 0.154. The van der Waals surface area contributed by atoms with E-state index in [-0.39, 0.29) is 22.9 Å². The number of halogens is 1. The van der Waals surface area contributed by atoms with Gasteiger partial charge in [0.2, 0.25) is 0 Å². The minimum absolute atomic E-state index is 0.000560. The van der Waals surface area contributed by atoms with Crippen molar-refractivity contribution in [2.75, 3.05) is 13.2 Å². The number of carbonyl (C=O) groups is 3. The average molecular weight is 313 g/mol. The second-order valence-electron chi connectivity index (χ2n) is 3.79. The Morgan fingerprint density at radius 2 is 2.10 bits per heavy atom. The van der Waals surface area contributed by atoms with Crippen molar-refractivity contribution in [2.45, 2.75) is 0 Å². The molecule has 112 valence electrons. The van der Waals surface area contributed by atoms with Gasteiger partial charge in [-0.2, -0.15) is 0 Å². The van der Waals surface area contributed by atoms with Crippen LogP contribution in [-0.4, -0.2) is 36.2 Å². The van der Waals surface area contributed by atoms with Gasteiger partial charge in [-0.1, -0.05) is 17.7 Å². The topological polar surface area (TPSA) is 105 Å². The molecule has 3 N–H and O–H groups in total. The molecule has 0 bridgehead atoms. The van der Waals surface area contributed by atoms with Crippen LogP contribution in [0.5, 0.6) is 5.75 Å². The lowest BCUT2D eigenvalue weighted by molar-refractivity contribution is -0.122. The van der Waals surface area contributed by atoms with Gasteiger partial charge >= 0.3 is 12.0 Å². The lowest BCUT2D eigenvalue weighted by atomic mass is 10.2. The molecule has 0 aliphatic carbocycles.